The number of nitro groups is 1. The van der Waals surface area contributed by atoms with Gasteiger partial charge >= 0.3 is 0 Å². The van der Waals surface area contributed by atoms with E-state index >= 15 is 0 Å². The smallest absolute Gasteiger partial charge is 0.258 e. The van der Waals surface area contributed by atoms with E-state index in [1.807, 2.05) is 12.1 Å². The van der Waals surface area contributed by atoms with Gasteiger partial charge in [0.15, 0.2) is 5.82 Å². The van der Waals surface area contributed by atoms with E-state index in [4.69, 9.17) is 5.26 Å². The van der Waals surface area contributed by atoms with Gasteiger partial charge in [-0.05, 0) is 17.7 Å². The second-order valence-electron chi connectivity index (χ2n) is 4.89. The minimum absolute atomic E-state index is 0.000529. The van der Waals surface area contributed by atoms with Gasteiger partial charge in [0.25, 0.3) is 5.69 Å². The fraction of sp³-hybridized carbons (Fsp3) is 0.0625. The molecule has 7 nitrogen and oxygen atoms in total. The molecule has 0 radical (unpaired) electrons. The lowest BCUT2D eigenvalue weighted by Gasteiger charge is -2.01. The van der Waals surface area contributed by atoms with Crippen LogP contribution >= 0.6 is 0 Å². The lowest BCUT2D eigenvalue weighted by atomic mass is 10.1. The highest BCUT2D eigenvalue weighted by atomic mass is 16.6. The van der Waals surface area contributed by atoms with Gasteiger partial charge in [0.2, 0.25) is 0 Å². The zero-order valence-corrected chi connectivity index (χ0v) is 12.0. The zero-order chi connectivity index (χ0) is 16.2. The zero-order valence-electron chi connectivity index (χ0n) is 12.0. The third-order valence-electron chi connectivity index (χ3n) is 3.25. The van der Waals surface area contributed by atoms with Crippen LogP contribution in [0.3, 0.4) is 0 Å². The van der Waals surface area contributed by atoms with E-state index in [0.717, 1.165) is 5.56 Å². The molecule has 1 aromatic heterocycles. The Morgan fingerprint density at radius 1 is 1.22 bits per heavy atom. The van der Waals surface area contributed by atoms with Gasteiger partial charge in [0.05, 0.1) is 23.1 Å². The van der Waals surface area contributed by atoms with Gasteiger partial charge in [0, 0.05) is 17.7 Å². The normalized spacial score (nSPS) is 10.2. The van der Waals surface area contributed by atoms with Crippen LogP contribution in [-0.2, 0) is 6.54 Å². The summed E-state index contributed by atoms with van der Waals surface area (Å²) in [7, 11) is 0. The van der Waals surface area contributed by atoms with Crippen LogP contribution in [0.25, 0.3) is 11.4 Å². The van der Waals surface area contributed by atoms with Crippen LogP contribution in [0.1, 0.15) is 11.1 Å². The van der Waals surface area contributed by atoms with Gasteiger partial charge in [0.1, 0.15) is 6.33 Å². The molecule has 1 heterocycles. The Labute approximate surface area is 131 Å². The molecule has 0 unspecified atom stereocenters. The molecule has 0 N–H and O–H groups in total. The quantitative estimate of drug-likeness (QED) is 0.545. The lowest BCUT2D eigenvalue weighted by Crippen LogP contribution is -2.00. The Bertz CT molecular complexity index is 911. The minimum atomic E-state index is -0.451. The summed E-state index contributed by atoms with van der Waals surface area (Å²) >= 11 is 0. The summed E-state index contributed by atoms with van der Waals surface area (Å²) in [5.74, 6) is 0.421. The molecule has 0 aliphatic heterocycles. The first kappa shape index (κ1) is 14.4. The van der Waals surface area contributed by atoms with Crippen molar-refractivity contribution in [3.63, 3.8) is 0 Å². The highest BCUT2D eigenvalue weighted by Gasteiger charge is 2.10. The van der Waals surface area contributed by atoms with Gasteiger partial charge in [-0.15, -0.1) is 0 Å². The van der Waals surface area contributed by atoms with Crippen molar-refractivity contribution in [2.75, 3.05) is 0 Å². The molecule has 2 aromatic carbocycles. The van der Waals surface area contributed by atoms with E-state index in [-0.39, 0.29) is 5.69 Å². The maximum Gasteiger partial charge on any atom is 0.270 e. The molecular formula is C16H11N5O2. The van der Waals surface area contributed by atoms with Crippen LogP contribution in [-0.4, -0.2) is 19.7 Å². The summed E-state index contributed by atoms with van der Waals surface area (Å²) in [6.45, 7) is 0.470. The third-order valence-corrected chi connectivity index (χ3v) is 3.25. The highest BCUT2D eigenvalue weighted by Crippen LogP contribution is 2.20. The van der Waals surface area contributed by atoms with Crippen molar-refractivity contribution in [2.24, 2.45) is 0 Å². The number of rotatable bonds is 4. The summed E-state index contributed by atoms with van der Waals surface area (Å²) in [6.07, 6.45) is 1.56. The number of hydrogen-bond donors (Lipinski definition) is 0. The predicted octanol–water partition coefficient (Wildman–Crippen LogP) is 2.77. The number of non-ortho nitro benzene ring substituents is 1. The van der Waals surface area contributed by atoms with Crippen molar-refractivity contribution in [3.8, 4) is 17.5 Å². The third kappa shape index (κ3) is 3.22. The summed E-state index contributed by atoms with van der Waals surface area (Å²) < 4.78 is 1.63. The second-order valence-corrected chi connectivity index (χ2v) is 4.89. The molecule has 7 heteroatoms. The Balaban J connectivity index is 1.84. The molecule has 112 valence electrons. The summed E-state index contributed by atoms with van der Waals surface area (Å²) in [5, 5.41) is 24.1. The predicted molar refractivity (Wildman–Crippen MR) is 82.4 cm³/mol. The van der Waals surface area contributed by atoms with Crippen LogP contribution in [0.2, 0.25) is 0 Å². The number of aromatic nitrogens is 3. The monoisotopic (exact) mass is 305 g/mol. The van der Waals surface area contributed by atoms with Gasteiger partial charge < -0.3 is 0 Å². The number of nitriles is 1. The Morgan fingerprint density at radius 2 is 2.04 bits per heavy atom. The number of hydrogen-bond acceptors (Lipinski definition) is 5. The molecule has 3 rings (SSSR count). The van der Waals surface area contributed by atoms with E-state index in [2.05, 4.69) is 16.2 Å². The van der Waals surface area contributed by atoms with Crippen molar-refractivity contribution in [2.45, 2.75) is 6.54 Å². The highest BCUT2D eigenvalue weighted by molar-refractivity contribution is 5.58. The first-order valence-corrected chi connectivity index (χ1v) is 6.79. The molecule has 0 aliphatic rings. The molecule has 3 aromatic rings. The van der Waals surface area contributed by atoms with Crippen molar-refractivity contribution in [1.82, 2.24) is 14.8 Å². The summed E-state index contributed by atoms with van der Waals surface area (Å²) in [4.78, 5) is 14.6. The molecule has 0 atom stereocenters. The maximum absolute atomic E-state index is 10.8. The fourth-order valence-electron chi connectivity index (χ4n) is 2.19. The molecule has 0 amide bonds. The molecular weight excluding hydrogens is 294 g/mol. The fourth-order valence-corrected chi connectivity index (χ4v) is 2.19. The Kier molecular flexibility index (Phi) is 3.80. The molecule has 0 aliphatic carbocycles. The standard InChI is InChI=1S/C16H11N5O2/c17-9-12-3-1-4-13(7-12)10-20-11-18-16(19-20)14-5-2-6-15(8-14)21(22)23/h1-8,11H,10H2. The molecule has 23 heavy (non-hydrogen) atoms. The lowest BCUT2D eigenvalue weighted by molar-refractivity contribution is -0.384. The van der Waals surface area contributed by atoms with E-state index in [0.29, 0.717) is 23.5 Å². The first-order valence-electron chi connectivity index (χ1n) is 6.79. The van der Waals surface area contributed by atoms with Crippen LogP contribution in [0.15, 0.2) is 54.9 Å². The number of nitro benzene ring substituents is 1. The molecule has 0 spiro atoms. The number of nitrogens with zero attached hydrogens (tertiary/aromatic N) is 5. The molecule has 0 saturated carbocycles. The van der Waals surface area contributed by atoms with Gasteiger partial charge in [-0.1, -0.05) is 24.3 Å². The van der Waals surface area contributed by atoms with Gasteiger partial charge in [-0.3, -0.25) is 10.1 Å². The van der Waals surface area contributed by atoms with E-state index in [9.17, 15) is 10.1 Å². The topological polar surface area (TPSA) is 97.6 Å². The first-order chi connectivity index (χ1) is 11.2. The van der Waals surface area contributed by atoms with Crippen molar-refractivity contribution in [1.29, 1.82) is 5.26 Å². The van der Waals surface area contributed by atoms with Crippen LogP contribution in [0.5, 0.6) is 0 Å². The summed E-state index contributed by atoms with van der Waals surface area (Å²) in [5.41, 5.74) is 2.10. The Hall–Kier alpha value is -3.53. The van der Waals surface area contributed by atoms with Crippen LogP contribution in [0.4, 0.5) is 5.69 Å². The minimum Gasteiger partial charge on any atom is -0.258 e. The van der Waals surface area contributed by atoms with Crippen LogP contribution < -0.4 is 0 Å². The SMILES string of the molecule is N#Cc1cccc(Cn2cnc(-c3cccc([N+](=O)[O-])c3)n2)c1. The largest absolute Gasteiger partial charge is 0.270 e. The van der Waals surface area contributed by atoms with E-state index in [1.165, 1.54) is 12.1 Å². The maximum atomic E-state index is 10.8. The van der Waals surface area contributed by atoms with Gasteiger partial charge in [-0.2, -0.15) is 10.4 Å². The van der Waals surface area contributed by atoms with Crippen molar-refractivity contribution in [3.05, 3.63) is 76.1 Å². The average molecular weight is 305 g/mol. The second kappa shape index (κ2) is 6.07. The summed E-state index contributed by atoms with van der Waals surface area (Å²) in [6, 6.07) is 15.5. The molecule has 0 bridgehead atoms. The van der Waals surface area contributed by atoms with E-state index < -0.39 is 4.92 Å². The van der Waals surface area contributed by atoms with E-state index in [1.54, 1.807) is 35.3 Å². The average Bonchev–Trinajstić information content (AvgIpc) is 3.03. The van der Waals surface area contributed by atoms with Crippen molar-refractivity contribution < 1.29 is 4.92 Å². The molecule has 0 saturated heterocycles. The van der Waals surface area contributed by atoms with Crippen LogP contribution in [0, 0.1) is 21.4 Å². The molecule has 0 fully saturated rings. The number of benzene rings is 2. The Morgan fingerprint density at radius 3 is 2.83 bits per heavy atom. The van der Waals surface area contributed by atoms with Gasteiger partial charge in [-0.25, -0.2) is 9.67 Å². The van der Waals surface area contributed by atoms with Crippen molar-refractivity contribution >= 4 is 5.69 Å².